The molecule has 230 valence electrons. The van der Waals surface area contributed by atoms with E-state index in [0.717, 1.165) is 16.5 Å². The fraction of sp³-hybridized carbons (Fsp3) is 0.400. The maximum atomic E-state index is 13.4. The molecule has 3 amide bonds. The van der Waals surface area contributed by atoms with Gasteiger partial charge in [0, 0.05) is 29.8 Å². The summed E-state index contributed by atoms with van der Waals surface area (Å²) in [7, 11) is -3.92. The summed E-state index contributed by atoms with van der Waals surface area (Å²) in [6.07, 6.45) is 2.47. The number of likely N-dealkylation sites (tertiary alicyclic amines) is 1. The molecule has 1 aromatic heterocycles. The Bertz CT molecular complexity index is 1650. The summed E-state index contributed by atoms with van der Waals surface area (Å²) in [4.78, 5) is 52.9. The van der Waals surface area contributed by atoms with Crippen molar-refractivity contribution in [2.24, 2.45) is 5.73 Å². The van der Waals surface area contributed by atoms with Crippen molar-refractivity contribution in [3.8, 4) is 0 Å². The molecule has 0 radical (unpaired) electrons. The number of sulfonamides is 1. The molecule has 0 spiro atoms. The standard InChI is InChI=1S/C30H37N5O7S/c1-19-8-11-22(12-9-19)43(40,41)32-18-27(36)35-15-5-7-25(35)30(39)34-24(6-3-4-14-31)29(38)33-21-10-13-23-20(2)16-28(37)42-26(23)17-21/h8-13,16-17,24-25,32H,3-7,14-15,18,31H2,1-2H3,(H,33,38)(H,34,39)/t24-,25-/m0/s1. The van der Waals surface area contributed by atoms with Crippen LogP contribution in [0.4, 0.5) is 5.69 Å². The molecule has 13 heteroatoms. The molecule has 4 rings (SSSR count). The highest BCUT2D eigenvalue weighted by atomic mass is 32.2. The second kappa shape index (κ2) is 13.9. The van der Waals surface area contributed by atoms with Crippen LogP contribution in [-0.4, -0.2) is 62.8 Å². The number of fused-ring (bicyclic) bond motifs is 1. The molecule has 1 aliphatic heterocycles. The van der Waals surface area contributed by atoms with E-state index in [4.69, 9.17) is 10.2 Å². The van der Waals surface area contributed by atoms with E-state index in [1.807, 2.05) is 6.92 Å². The predicted octanol–water partition coefficient (Wildman–Crippen LogP) is 1.93. The molecule has 5 N–H and O–H groups in total. The molecule has 1 aliphatic rings. The van der Waals surface area contributed by atoms with Crippen LogP contribution in [-0.2, 0) is 24.4 Å². The summed E-state index contributed by atoms with van der Waals surface area (Å²) in [5, 5.41) is 6.30. The lowest BCUT2D eigenvalue weighted by molar-refractivity contribution is -0.138. The van der Waals surface area contributed by atoms with Crippen LogP contribution >= 0.6 is 0 Å². The number of nitrogens with zero attached hydrogens (tertiary/aromatic N) is 1. The van der Waals surface area contributed by atoms with Gasteiger partial charge in [0.15, 0.2) is 0 Å². The third-order valence-electron chi connectivity index (χ3n) is 7.42. The molecule has 43 heavy (non-hydrogen) atoms. The number of hydrogen-bond donors (Lipinski definition) is 4. The second-order valence-corrected chi connectivity index (χ2v) is 12.4. The average Bonchev–Trinajstić information content (AvgIpc) is 3.46. The number of benzene rings is 2. The van der Waals surface area contributed by atoms with Gasteiger partial charge >= 0.3 is 5.63 Å². The highest BCUT2D eigenvalue weighted by Gasteiger charge is 2.36. The van der Waals surface area contributed by atoms with E-state index in [0.29, 0.717) is 49.9 Å². The monoisotopic (exact) mass is 611 g/mol. The number of hydrogen-bond acceptors (Lipinski definition) is 8. The number of carbonyl (C=O) groups excluding carboxylic acids is 3. The number of nitrogens with one attached hydrogen (secondary N) is 3. The van der Waals surface area contributed by atoms with E-state index in [-0.39, 0.29) is 11.4 Å². The van der Waals surface area contributed by atoms with Crippen molar-refractivity contribution in [3.05, 3.63) is 70.1 Å². The van der Waals surface area contributed by atoms with E-state index in [1.165, 1.54) is 23.1 Å². The minimum absolute atomic E-state index is 0.0386. The van der Waals surface area contributed by atoms with Gasteiger partial charge < -0.3 is 25.7 Å². The number of carbonyl (C=O) groups is 3. The number of nitrogens with two attached hydrogens (primary N) is 1. The Hall–Kier alpha value is -4.07. The molecular weight excluding hydrogens is 574 g/mol. The lowest BCUT2D eigenvalue weighted by Crippen LogP contribution is -2.53. The second-order valence-electron chi connectivity index (χ2n) is 10.7. The first-order valence-electron chi connectivity index (χ1n) is 14.2. The highest BCUT2D eigenvalue weighted by Crippen LogP contribution is 2.22. The molecule has 1 fully saturated rings. The van der Waals surface area contributed by atoms with Gasteiger partial charge in [-0.15, -0.1) is 0 Å². The van der Waals surface area contributed by atoms with Gasteiger partial charge in [-0.05, 0) is 82.3 Å². The number of aryl methyl sites for hydroxylation is 2. The molecule has 0 unspecified atom stereocenters. The molecule has 1 saturated heterocycles. The first-order chi connectivity index (χ1) is 20.5. The van der Waals surface area contributed by atoms with Crippen molar-refractivity contribution in [2.75, 3.05) is 25.0 Å². The Balaban J connectivity index is 1.42. The number of unbranched alkanes of at least 4 members (excludes halogenated alkanes) is 1. The molecule has 0 bridgehead atoms. The fourth-order valence-electron chi connectivity index (χ4n) is 5.06. The van der Waals surface area contributed by atoms with Crippen LogP contribution in [0.3, 0.4) is 0 Å². The van der Waals surface area contributed by atoms with Crippen LogP contribution in [0.5, 0.6) is 0 Å². The lowest BCUT2D eigenvalue weighted by Gasteiger charge is -2.26. The summed E-state index contributed by atoms with van der Waals surface area (Å²) in [5.41, 5.74) is 7.49. The first-order valence-corrected chi connectivity index (χ1v) is 15.7. The third-order valence-corrected chi connectivity index (χ3v) is 8.84. The number of rotatable bonds is 12. The maximum absolute atomic E-state index is 13.4. The Morgan fingerprint density at radius 1 is 1.07 bits per heavy atom. The van der Waals surface area contributed by atoms with Gasteiger partial charge in [-0.2, -0.15) is 0 Å². The average molecular weight is 612 g/mol. The van der Waals surface area contributed by atoms with Crippen molar-refractivity contribution >= 4 is 44.4 Å². The largest absolute Gasteiger partial charge is 0.423 e. The van der Waals surface area contributed by atoms with Crippen molar-refractivity contribution in [2.45, 2.75) is 62.9 Å². The van der Waals surface area contributed by atoms with Gasteiger partial charge in [-0.3, -0.25) is 14.4 Å². The van der Waals surface area contributed by atoms with Gasteiger partial charge in [-0.1, -0.05) is 17.7 Å². The van der Waals surface area contributed by atoms with Crippen LogP contribution < -0.4 is 26.7 Å². The SMILES string of the molecule is Cc1ccc(S(=O)(=O)NCC(=O)N2CCC[C@H]2C(=O)N[C@@H](CCCCN)C(=O)Nc2ccc3c(C)cc(=O)oc3c2)cc1. The molecule has 12 nitrogen and oxygen atoms in total. The molecule has 2 heterocycles. The Morgan fingerprint density at radius 2 is 1.81 bits per heavy atom. The van der Waals surface area contributed by atoms with E-state index in [2.05, 4.69) is 15.4 Å². The van der Waals surface area contributed by atoms with Gasteiger partial charge in [0.1, 0.15) is 17.7 Å². The van der Waals surface area contributed by atoms with E-state index < -0.39 is 52.0 Å². The van der Waals surface area contributed by atoms with Gasteiger partial charge in [0.2, 0.25) is 27.7 Å². The summed E-state index contributed by atoms with van der Waals surface area (Å²) in [6.45, 7) is 3.83. The summed E-state index contributed by atoms with van der Waals surface area (Å²) < 4.78 is 32.9. The summed E-state index contributed by atoms with van der Waals surface area (Å²) in [5.74, 6) is -1.51. The highest BCUT2D eigenvalue weighted by molar-refractivity contribution is 7.89. The van der Waals surface area contributed by atoms with Crippen molar-refractivity contribution < 1.29 is 27.2 Å². The molecule has 0 saturated carbocycles. The fourth-order valence-corrected chi connectivity index (χ4v) is 6.03. The Kier molecular flexibility index (Phi) is 10.3. The maximum Gasteiger partial charge on any atom is 0.336 e. The van der Waals surface area contributed by atoms with Crippen molar-refractivity contribution in [3.63, 3.8) is 0 Å². The van der Waals surface area contributed by atoms with E-state index in [1.54, 1.807) is 37.3 Å². The molecule has 3 aromatic rings. The third kappa shape index (κ3) is 8.06. The summed E-state index contributed by atoms with van der Waals surface area (Å²) >= 11 is 0. The van der Waals surface area contributed by atoms with Crippen LogP contribution in [0, 0.1) is 13.8 Å². The van der Waals surface area contributed by atoms with Crippen molar-refractivity contribution in [1.29, 1.82) is 0 Å². The first kappa shape index (κ1) is 31.9. The molecule has 2 aromatic carbocycles. The minimum atomic E-state index is -3.92. The van der Waals surface area contributed by atoms with Crippen LogP contribution in [0.25, 0.3) is 11.0 Å². The topological polar surface area (TPSA) is 181 Å². The normalized spacial score (nSPS) is 15.8. The Morgan fingerprint density at radius 3 is 2.53 bits per heavy atom. The molecule has 0 aliphatic carbocycles. The zero-order chi connectivity index (χ0) is 31.1. The van der Waals surface area contributed by atoms with Crippen molar-refractivity contribution in [1.82, 2.24) is 14.9 Å². The molecular formula is C30H37N5O7S. The Labute approximate surface area is 250 Å². The number of anilines is 1. The zero-order valence-corrected chi connectivity index (χ0v) is 25.0. The van der Waals surface area contributed by atoms with Gasteiger partial charge in [0.25, 0.3) is 0 Å². The predicted molar refractivity (Wildman–Crippen MR) is 162 cm³/mol. The van der Waals surface area contributed by atoms with Gasteiger partial charge in [-0.25, -0.2) is 17.9 Å². The summed E-state index contributed by atoms with van der Waals surface area (Å²) in [6, 6.07) is 10.8. The quantitative estimate of drug-likeness (QED) is 0.177. The molecule has 2 atom stereocenters. The lowest BCUT2D eigenvalue weighted by atomic mass is 10.1. The van der Waals surface area contributed by atoms with E-state index >= 15 is 0 Å². The van der Waals surface area contributed by atoms with Gasteiger partial charge in [0.05, 0.1) is 11.4 Å². The van der Waals surface area contributed by atoms with E-state index in [9.17, 15) is 27.6 Å². The van der Waals surface area contributed by atoms with Crippen LogP contribution in [0.1, 0.15) is 43.2 Å². The minimum Gasteiger partial charge on any atom is -0.423 e. The smallest absolute Gasteiger partial charge is 0.336 e. The van der Waals surface area contributed by atoms with Crippen LogP contribution in [0.15, 0.2) is 62.6 Å². The number of amides is 3. The zero-order valence-electron chi connectivity index (χ0n) is 24.2. The van der Waals surface area contributed by atoms with Crippen LogP contribution in [0.2, 0.25) is 0 Å².